The monoisotopic (exact) mass is 176 g/mol. The van der Waals surface area contributed by atoms with Gasteiger partial charge in [-0.2, -0.15) is 0 Å². The van der Waals surface area contributed by atoms with Gasteiger partial charge in [-0.15, -0.1) is 0 Å². The lowest BCUT2D eigenvalue weighted by Crippen LogP contribution is -1.73. The van der Waals surface area contributed by atoms with E-state index in [4.69, 9.17) is 0 Å². The van der Waals surface area contributed by atoms with Crippen LogP contribution >= 0.6 is 0 Å². The second-order valence-corrected chi connectivity index (χ2v) is 2.75. The van der Waals surface area contributed by atoms with E-state index >= 15 is 0 Å². The Morgan fingerprint density at radius 1 is 1.15 bits per heavy atom. The molecule has 72 valence electrons. The molecule has 13 heavy (non-hydrogen) atoms. The number of hydrogen-bond acceptors (Lipinski definition) is 0. The molecule has 0 heterocycles. The zero-order valence-electron chi connectivity index (χ0n) is 9.17. The van der Waals surface area contributed by atoms with E-state index in [-0.39, 0.29) is 0 Å². The first-order valence-electron chi connectivity index (χ1n) is 5.05. The van der Waals surface area contributed by atoms with Crippen molar-refractivity contribution < 1.29 is 0 Å². The van der Waals surface area contributed by atoms with Gasteiger partial charge in [-0.1, -0.05) is 62.8 Å². The molecule has 0 saturated carbocycles. The van der Waals surface area contributed by atoms with Gasteiger partial charge in [0.1, 0.15) is 0 Å². The average molecular weight is 176 g/mol. The minimum atomic E-state index is 1.13. The zero-order chi connectivity index (χ0) is 10.1. The van der Waals surface area contributed by atoms with Crippen molar-refractivity contribution in [2.45, 2.75) is 34.1 Å². The number of hydrogen-bond donors (Lipinski definition) is 0. The van der Waals surface area contributed by atoms with Gasteiger partial charge in [-0.3, -0.25) is 0 Å². The van der Waals surface area contributed by atoms with Crippen LogP contribution in [0.4, 0.5) is 0 Å². The summed E-state index contributed by atoms with van der Waals surface area (Å²) in [5, 5.41) is 0. The Morgan fingerprint density at radius 3 is 2.15 bits per heavy atom. The highest BCUT2D eigenvalue weighted by Gasteiger charge is 1.85. The Bertz CT molecular complexity index is 231. The van der Waals surface area contributed by atoms with Crippen LogP contribution in [0.15, 0.2) is 35.9 Å². The summed E-state index contributed by atoms with van der Waals surface area (Å²) in [4.78, 5) is 0. The normalized spacial score (nSPS) is 10.3. The van der Waals surface area contributed by atoms with Gasteiger partial charge in [-0.25, -0.2) is 0 Å². The maximum Gasteiger partial charge on any atom is -0.0257 e. The van der Waals surface area contributed by atoms with Gasteiger partial charge in [0.2, 0.25) is 0 Å². The van der Waals surface area contributed by atoms with E-state index in [1.807, 2.05) is 19.9 Å². The summed E-state index contributed by atoms with van der Waals surface area (Å²) < 4.78 is 0. The third-order valence-corrected chi connectivity index (χ3v) is 1.77. The smallest absolute Gasteiger partial charge is 0.0257 e. The van der Waals surface area contributed by atoms with Crippen molar-refractivity contribution in [2.75, 3.05) is 0 Å². The summed E-state index contributed by atoms with van der Waals surface area (Å²) in [5.74, 6) is 0. The molecular formula is C13H20. The molecular weight excluding hydrogens is 156 g/mol. The molecule has 0 radical (unpaired) electrons. The van der Waals surface area contributed by atoms with Gasteiger partial charge < -0.3 is 0 Å². The van der Waals surface area contributed by atoms with E-state index in [1.165, 1.54) is 11.1 Å². The molecule has 0 heteroatoms. The largest absolute Gasteiger partial charge is 0.0730 e. The molecule has 1 rings (SSSR count). The van der Waals surface area contributed by atoms with E-state index in [0.29, 0.717) is 0 Å². The molecule has 0 saturated heterocycles. The summed E-state index contributed by atoms with van der Waals surface area (Å²) in [6.45, 7) is 8.34. The fourth-order valence-electron chi connectivity index (χ4n) is 0.936. The minimum absolute atomic E-state index is 1.13. The highest BCUT2D eigenvalue weighted by molar-refractivity contribution is 5.51. The quantitative estimate of drug-likeness (QED) is 0.621. The standard InChI is InChI=1S/C11H14.C2H6/c1-3-10(2)9-11-7-5-4-6-8-11;1-2/h4-9H,3H2,1-2H3;1-2H3/b10-9+;. The van der Waals surface area contributed by atoms with Crippen molar-refractivity contribution in [2.24, 2.45) is 0 Å². The van der Waals surface area contributed by atoms with Gasteiger partial charge in [0.15, 0.2) is 0 Å². The number of benzene rings is 1. The molecule has 0 nitrogen and oxygen atoms in total. The summed E-state index contributed by atoms with van der Waals surface area (Å²) in [6.07, 6.45) is 3.36. The summed E-state index contributed by atoms with van der Waals surface area (Å²) in [5.41, 5.74) is 2.73. The maximum atomic E-state index is 2.22. The van der Waals surface area contributed by atoms with E-state index in [0.717, 1.165) is 6.42 Å². The van der Waals surface area contributed by atoms with Crippen LogP contribution in [0.25, 0.3) is 6.08 Å². The molecule has 0 amide bonds. The zero-order valence-corrected chi connectivity index (χ0v) is 9.17. The van der Waals surface area contributed by atoms with Crippen LogP contribution in [0, 0.1) is 0 Å². The molecule has 0 fully saturated rings. The van der Waals surface area contributed by atoms with Crippen molar-refractivity contribution in [3.8, 4) is 0 Å². The third kappa shape index (κ3) is 5.24. The first-order valence-corrected chi connectivity index (χ1v) is 5.05. The Hall–Kier alpha value is -1.04. The Labute approximate surface area is 82.3 Å². The van der Waals surface area contributed by atoms with Gasteiger partial charge >= 0.3 is 0 Å². The molecule has 0 bridgehead atoms. The summed E-state index contributed by atoms with van der Waals surface area (Å²) in [7, 11) is 0. The average Bonchev–Trinajstić information content (AvgIpc) is 2.22. The number of allylic oxidation sites excluding steroid dienone is 1. The lowest BCUT2D eigenvalue weighted by Gasteiger charge is -1.95. The van der Waals surface area contributed by atoms with Crippen molar-refractivity contribution in [1.82, 2.24) is 0 Å². The molecule has 0 spiro atoms. The van der Waals surface area contributed by atoms with Crippen molar-refractivity contribution >= 4 is 6.08 Å². The highest BCUT2D eigenvalue weighted by atomic mass is 13.9. The van der Waals surface area contributed by atoms with Crippen LogP contribution in [0.3, 0.4) is 0 Å². The van der Waals surface area contributed by atoms with Gasteiger partial charge in [0.05, 0.1) is 0 Å². The Morgan fingerprint density at radius 2 is 1.69 bits per heavy atom. The maximum absolute atomic E-state index is 2.22. The second-order valence-electron chi connectivity index (χ2n) is 2.75. The number of rotatable bonds is 2. The molecule has 0 aliphatic heterocycles. The topological polar surface area (TPSA) is 0 Å². The van der Waals surface area contributed by atoms with Crippen LogP contribution in [0.1, 0.15) is 39.7 Å². The van der Waals surface area contributed by atoms with Gasteiger partial charge in [-0.05, 0) is 18.9 Å². The Balaban J connectivity index is 0.000000671. The van der Waals surface area contributed by atoms with Crippen LogP contribution in [0.2, 0.25) is 0 Å². The van der Waals surface area contributed by atoms with Crippen LogP contribution < -0.4 is 0 Å². The predicted octanol–water partition coefficient (Wildman–Crippen LogP) is 4.53. The lowest BCUT2D eigenvalue weighted by molar-refractivity contribution is 1.11. The third-order valence-electron chi connectivity index (χ3n) is 1.77. The van der Waals surface area contributed by atoms with E-state index in [2.05, 4.69) is 44.2 Å². The van der Waals surface area contributed by atoms with Crippen LogP contribution in [0.5, 0.6) is 0 Å². The highest BCUT2D eigenvalue weighted by Crippen LogP contribution is 2.07. The first-order chi connectivity index (χ1) is 6.33. The summed E-state index contributed by atoms with van der Waals surface area (Å²) >= 11 is 0. The molecule has 0 aliphatic rings. The fraction of sp³-hybridized carbons (Fsp3) is 0.385. The molecule has 0 aliphatic carbocycles. The van der Waals surface area contributed by atoms with Crippen molar-refractivity contribution in [3.05, 3.63) is 41.5 Å². The molecule has 0 atom stereocenters. The molecule has 1 aromatic carbocycles. The van der Waals surface area contributed by atoms with E-state index in [9.17, 15) is 0 Å². The molecule has 0 N–H and O–H groups in total. The molecule has 0 unspecified atom stereocenters. The van der Waals surface area contributed by atoms with Gasteiger partial charge in [0, 0.05) is 0 Å². The van der Waals surface area contributed by atoms with E-state index in [1.54, 1.807) is 0 Å². The minimum Gasteiger partial charge on any atom is -0.0730 e. The summed E-state index contributed by atoms with van der Waals surface area (Å²) in [6, 6.07) is 10.4. The molecule has 0 aromatic heterocycles. The van der Waals surface area contributed by atoms with E-state index < -0.39 is 0 Å². The van der Waals surface area contributed by atoms with Crippen LogP contribution in [-0.4, -0.2) is 0 Å². The Kier molecular flexibility index (Phi) is 6.99. The van der Waals surface area contributed by atoms with Gasteiger partial charge in [0.25, 0.3) is 0 Å². The van der Waals surface area contributed by atoms with Crippen molar-refractivity contribution in [3.63, 3.8) is 0 Å². The first kappa shape index (κ1) is 12.0. The second kappa shape index (κ2) is 7.60. The van der Waals surface area contributed by atoms with Crippen LogP contribution in [-0.2, 0) is 0 Å². The predicted molar refractivity (Wildman–Crippen MR) is 61.7 cm³/mol. The van der Waals surface area contributed by atoms with Crippen molar-refractivity contribution in [1.29, 1.82) is 0 Å². The molecule has 1 aromatic rings. The fourth-order valence-corrected chi connectivity index (χ4v) is 0.936. The SMILES string of the molecule is CC.CC/C(C)=C/c1ccccc1. The lowest BCUT2D eigenvalue weighted by atomic mass is 10.1.